The van der Waals surface area contributed by atoms with Crippen LogP contribution in [0.4, 0.5) is 17.6 Å². The second-order valence-corrected chi connectivity index (χ2v) is 14.4. The average Bonchev–Trinajstić information content (AvgIpc) is 3.43. The van der Waals surface area contributed by atoms with Crippen molar-refractivity contribution >= 4 is 0 Å². The van der Waals surface area contributed by atoms with E-state index in [0.29, 0.717) is 0 Å². The molecule has 0 aromatic heterocycles. The van der Waals surface area contributed by atoms with Gasteiger partial charge in [-0.1, -0.05) is 0 Å². The van der Waals surface area contributed by atoms with Gasteiger partial charge in [0.2, 0.25) is 0 Å². The molecule has 0 aliphatic heterocycles. The molecule has 0 amide bonds. The van der Waals surface area contributed by atoms with Gasteiger partial charge in [-0.3, -0.25) is 0 Å². The van der Waals surface area contributed by atoms with E-state index in [-0.39, 0.29) is 18.8 Å². The maximum atomic E-state index is 14.5. The summed E-state index contributed by atoms with van der Waals surface area (Å²) in [6, 6.07) is 7.23. The van der Waals surface area contributed by atoms with Crippen molar-refractivity contribution in [3.8, 4) is 11.5 Å². The van der Waals surface area contributed by atoms with E-state index in [4.69, 9.17) is 5.63 Å². The molecule has 2 aromatic rings. The summed E-state index contributed by atoms with van der Waals surface area (Å²) in [4.78, 5) is 0. The van der Waals surface area contributed by atoms with Crippen LogP contribution in [0.3, 0.4) is 0 Å². The first-order valence-corrected chi connectivity index (χ1v) is 13.8. The van der Waals surface area contributed by atoms with E-state index in [9.17, 15) is 17.6 Å². The number of hydrogen-bond acceptors (Lipinski definition) is 2. The number of halogens is 4. The van der Waals surface area contributed by atoms with Crippen LogP contribution < -0.4 is 5.63 Å². The van der Waals surface area contributed by atoms with Crippen LogP contribution in [0.2, 0.25) is 7.25 Å². The summed E-state index contributed by atoms with van der Waals surface area (Å²) < 4.78 is 68.1. The third-order valence-electron chi connectivity index (χ3n) is 4.80. The summed E-state index contributed by atoms with van der Waals surface area (Å²) in [5.74, 6) is -5.02. The summed E-state index contributed by atoms with van der Waals surface area (Å²) in [6.45, 7) is 0. The van der Waals surface area contributed by atoms with Crippen LogP contribution in [-0.4, -0.2) is 0 Å². The van der Waals surface area contributed by atoms with Crippen LogP contribution in [0.1, 0.15) is 0 Å². The minimum atomic E-state index is -4.68. The zero-order valence-corrected chi connectivity index (χ0v) is 17.5. The van der Waals surface area contributed by atoms with E-state index >= 15 is 0 Å². The Hall–Kier alpha value is -2.40. The molecule has 0 unspecified atom stereocenters. The Kier molecular flexibility index (Phi) is 5.59. The fourth-order valence-electron chi connectivity index (χ4n) is 3.38. The van der Waals surface area contributed by atoms with E-state index in [1.54, 1.807) is 24.3 Å². The van der Waals surface area contributed by atoms with Gasteiger partial charge in [-0.05, 0) is 0 Å². The van der Waals surface area contributed by atoms with Crippen LogP contribution in [0.25, 0.3) is 0 Å². The predicted molar refractivity (Wildman–Crippen MR) is 98.0 cm³/mol. The Morgan fingerprint density at radius 3 is 1.34 bits per heavy atom. The van der Waals surface area contributed by atoms with Crippen molar-refractivity contribution < 1.29 is 44.3 Å². The fraction of sp³-hybridized carbons (Fsp3) is 0.0909. The molecule has 4 rings (SSSR count). The van der Waals surface area contributed by atoms with Gasteiger partial charge in [0.1, 0.15) is 0 Å². The Morgan fingerprint density at radius 2 is 0.966 bits per heavy atom. The number of rotatable bonds is 6. The summed E-state index contributed by atoms with van der Waals surface area (Å²) in [7, 11) is 0. The molecule has 0 bridgehead atoms. The van der Waals surface area contributed by atoms with Crippen LogP contribution in [-0.2, 0) is 21.1 Å². The van der Waals surface area contributed by atoms with E-state index in [1.807, 2.05) is 24.3 Å². The summed E-state index contributed by atoms with van der Waals surface area (Å²) in [6.07, 6.45) is 14.4. The molecular weight excluding hydrogens is 463 g/mol. The van der Waals surface area contributed by atoms with Crippen LogP contribution in [0.15, 0.2) is 85.0 Å². The SMILES string of the molecule is Fc1cccc([O][Zr]([O]c2cccc(F)c2F)([CH]2C=CC=C2)[CH]2C=CC=C2)c1F. The first kappa shape index (κ1) is 19.9. The number of hydrogen-bond donors (Lipinski definition) is 0. The molecule has 0 spiro atoms. The van der Waals surface area contributed by atoms with Gasteiger partial charge in [-0.15, -0.1) is 0 Å². The van der Waals surface area contributed by atoms with Crippen molar-refractivity contribution in [3.63, 3.8) is 0 Å². The molecule has 0 heterocycles. The standard InChI is InChI=1S/2C6H4F2O.2C5H5.Zr/c2*7-4-2-1-3-5(9)6(4)8;2*1-2-4-5-3-1;/h2*1-3,9H;2*1-5H;/q;;;;+2/p-2. The molecule has 7 heteroatoms. The van der Waals surface area contributed by atoms with Gasteiger partial charge in [-0.25, -0.2) is 0 Å². The van der Waals surface area contributed by atoms with Crippen LogP contribution >= 0.6 is 0 Å². The molecule has 148 valence electrons. The Labute approximate surface area is 171 Å². The molecule has 0 saturated heterocycles. The second-order valence-electron chi connectivity index (χ2n) is 6.62. The van der Waals surface area contributed by atoms with Crippen molar-refractivity contribution in [2.75, 3.05) is 0 Å². The molecule has 0 radical (unpaired) electrons. The molecule has 0 fully saturated rings. The molecule has 29 heavy (non-hydrogen) atoms. The van der Waals surface area contributed by atoms with Gasteiger partial charge < -0.3 is 0 Å². The van der Waals surface area contributed by atoms with Gasteiger partial charge in [0.05, 0.1) is 0 Å². The van der Waals surface area contributed by atoms with E-state index in [2.05, 4.69) is 0 Å². The topological polar surface area (TPSA) is 18.5 Å². The molecule has 2 aromatic carbocycles. The monoisotopic (exact) mass is 478 g/mol. The van der Waals surface area contributed by atoms with E-state index in [0.717, 1.165) is 12.1 Å². The zero-order valence-electron chi connectivity index (χ0n) is 15.1. The van der Waals surface area contributed by atoms with Crippen molar-refractivity contribution in [1.29, 1.82) is 0 Å². The maximum absolute atomic E-state index is 14.5. The summed E-state index contributed by atoms with van der Waals surface area (Å²) >= 11 is -4.68. The first-order chi connectivity index (χ1) is 14.0. The predicted octanol–water partition coefficient (Wildman–Crippen LogP) is 6.51. The van der Waals surface area contributed by atoms with E-state index < -0.39 is 44.4 Å². The molecule has 0 saturated carbocycles. The van der Waals surface area contributed by atoms with Crippen molar-refractivity contribution in [2.24, 2.45) is 0 Å². The Balaban J connectivity index is 1.86. The Bertz CT molecular complexity index is 938. The quantitative estimate of drug-likeness (QED) is 0.440. The van der Waals surface area contributed by atoms with Gasteiger partial charge in [0, 0.05) is 0 Å². The number of allylic oxidation sites excluding steroid dienone is 8. The average molecular weight is 480 g/mol. The molecule has 2 aliphatic carbocycles. The van der Waals surface area contributed by atoms with Gasteiger partial charge >= 0.3 is 171 Å². The molecule has 0 atom stereocenters. The molecule has 0 N–H and O–H groups in total. The second kappa shape index (κ2) is 8.15. The van der Waals surface area contributed by atoms with Crippen molar-refractivity contribution in [1.82, 2.24) is 0 Å². The summed E-state index contributed by atoms with van der Waals surface area (Å²) in [5.41, 5.74) is 0. The van der Waals surface area contributed by atoms with Crippen molar-refractivity contribution in [3.05, 3.63) is 108 Å². The van der Waals surface area contributed by atoms with Crippen LogP contribution in [0.5, 0.6) is 11.5 Å². The molecule has 2 nitrogen and oxygen atoms in total. The van der Waals surface area contributed by atoms with E-state index in [1.165, 1.54) is 24.3 Å². The third-order valence-corrected chi connectivity index (χ3v) is 13.9. The number of benzene rings is 2. The van der Waals surface area contributed by atoms with Gasteiger partial charge in [0.25, 0.3) is 0 Å². The van der Waals surface area contributed by atoms with Gasteiger partial charge in [0.15, 0.2) is 0 Å². The first-order valence-electron chi connectivity index (χ1n) is 8.97. The molecular formula is C22H16F4O2Zr. The molecule has 2 aliphatic rings. The summed E-state index contributed by atoms with van der Waals surface area (Å²) in [5, 5.41) is 0. The van der Waals surface area contributed by atoms with Crippen molar-refractivity contribution in [2.45, 2.75) is 7.25 Å². The third kappa shape index (κ3) is 3.76. The fourth-order valence-corrected chi connectivity index (χ4v) is 12.1. The Morgan fingerprint density at radius 1 is 0.586 bits per heavy atom. The zero-order chi connectivity index (χ0) is 20.4. The minimum absolute atomic E-state index is 0.306. The van der Waals surface area contributed by atoms with Gasteiger partial charge in [-0.2, -0.15) is 0 Å². The normalized spacial score (nSPS) is 16.1. The van der Waals surface area contributed by atoms with Crippen LogP contribution in [0, 0.1) is 23.3 Å².